The molecule has 2 aliphatic rings. The van der Waals surface area contributed by atoms with Gasteiger partial charge in [0.1, 0.15) is 18.9 Å². The summed E-state index contributed by atoms with van der Waals surface area (Å²) in [7, 11) is 3.17. The zero-order valence-corrected chi connectivity index (χ0v) is 16.7. The van der Waals surface area contributed by atoms with Gasteiger partial charge in [-0.1, -0.05) is 11.6 Å². The molecule has 0 aliphatic carbocycles. The van der Waals surface area contributed by atoms with Crippen LogP contribution in [0.15, 0.2) is 24.3 Å². The molecule has 29 heavy (non-hydrogen) atoms. The molecule has 0 spiro atoms. The Morgan fingerprint density at radius 1 is 1.55 bits per heavy atom. The minimum absolute atomic E-state index is 0.0345. The quantitative estimate of drug-likeness (QED) is 0.701. The smallest absolute Gasteiger partial charge is 0.326 e. The number of carboxylic acid groups (broad SMARTS) is 1. The number of carbonyl (C=O) groups excluding carboxylic acids is 1. The highest BCUT2D eigenvalue weighted by atomic mass is 35.5. The average molecular weight is 421 g/mol. The van der Waals surface area contributed by atoms with Crippen LogP contribution in [0, 0.1) is 11.3 Å². The van der Waals surface area contributed by atoms with Crippen LogP contribution >= 0.6 is 11.6 Å². The molecule has 0 aromatic heterocycles. The molecule has 0 radical (unpaired) electrons. The van der Waals surface area contributed by atoms with Crippen LogP contribution in [-0.4, -0.2) is 72.7 Å². The normalized spacial score (nSPS) is 23.6. The third-order valence-electron chi connectivity index (χ3n) is 5.10. The van der Waals surface area contributed by atoms with Crippen molar-refractivity contribution in [1.29, 1.82) is 5.26 Å². The second kappa shape index (κ2) is 8.90. The lowest BCUT2D eigenvalue weighted by Crippen LogP contribution is -2.53. The fourth-order valence-corrected chi connectivity index (χ4v) is 3.69. The highest BCUT2D eigenvalue weighted by Gasteiger charge is 2.39. The predicted octanol–water partition coefficient (Wildman–Crippen LogP) is 1.05. The van der Waals surface area contributed by atoms with E-state index < -0.39 is 24.0 Å². The van der Waals surface area contributed by atoms with Gasteiger partial charge in [-0.05, 0) is 29.3 Å². The number of nitriles is 1. The number of hydrogen-bond donors (Lipinski definition) is 2. The molecule has 1 saturated heterocycles. The summed E-state index contributed by atoms with van der Waals surface area (Å²) < 4.78 is 5.54. The number of nitrogens with one attached hydrogen (secondary N) is 1. The number of aliphatic carboxylic acids is 1. The van der Waals surface area contributed by atoms with Crippen molar-refractivity contribution in [3.8, 4) is 6.07 Å². The van der Waals surface area contributed by atoms with Crippen molar-refractivity contribution in [3.05, 3.63) is 40.4 Å². The summed E-state index contributed by atoms with van der Waals surface area (Å²) in [6.45, 7) is 0.310. The molecule has 2 N–H and O–H groups in total. The van der Waals surface area contributed by atoms with E-state index in [1.807, 2.05) is 0 Å². The fraction of sp³-hybridized carbons (Fsp3) is 0.421. The fourth-order valence-electron chi connectivity index (χ4n) is 3.52. The first-order valence-electron chi connectivity index (χ1n) is 8.92. The summed E-state index contributed by atoms with van der Waals surface area (Å²) in [5.74, 6) is -1.58. The second-order valence-corrected chi connectivity index (χ2v) is 7.18. The number of nitrogens with zero attached hydrogens (tertiary/aromatic N) is 3. The molecule has 0 saturated carbocycles. The molecule has 9 nitrogen and oxygen atoms in total. The second-order valence-electron chi connectivity index (χ2n) is 6.75. The molecule has 1 amide bonds. The Morgan fingerprint density at radius 3 is 2.90 bits per heavy atom. The molecular formula is C19H21ClN4O5. The molecule has 0 bridgehead atoms. The Labute approximate surface area is 173 Å². The van der Waals surface area contributed by atoms with Gasteiger partial charge in [0.15, 0.2) is 0 Å². The summed E-state index contributed by atoms with van der Waals surface area (Å²) in [6.07, 6.45) is 0.513. The molecule has 1 fully saturated rings. The molecule has 1 aromatic rings. The lowest BCUT2D eigenvalue weighted by Gasteiger charge is -2.37. The zero-order chi connectivity index (χ0) is 21.1. The maximum Gasteiger partial charge on any atom is 0.326 e. The van der Waals surface area contributed by atoms with Crippen molar-refractivity contribution in [3.63, 3.8) is 0 Å². The first-order chi connectivity index (χ1) is 13.8. The van der Waals surface area contributed by atoms with Gasteiger partial charge >= 0.3 is 5.97 Å². The number of carboxylic acids is 1. The van der Waals surface area contributed by atoms with Crippen molar-refractivity contribution in [2.45, 2.75) is 24.7 Å². The number of hydrogen-bond acceptors (Lipinski definition) is 7. The number of rotatable bonds is 6. The van der Waals surface area contributed by atoms with E-state index in [0.29, 0.717) is 21.7 Å². The van der Waals surface area contributed by atoms with Crippen LogP contribution in [0.2, 0.25) is 5.02 Å². The Balaban J connectivity index is 1.93. The minimum atomic E-state index is -1.12. The van der Waals surface area contributed by atoms with E-state index in [1.54, 1.807) is 25.2 Å². The molecule has 2 aliphatic heterocycles. The minimum Gasteiger partial charge on any atom is -0.480 e. The molecule has 1 aromatic carbocycles. The predicted molar refractivity (Wildman–Crippen MR) is 103 cm³/mol. The van der Waals surface area contributed by atoms with E-state index in [1.165, 1.54) is 23.1 Å². The third kappa shape index (κ3) is 4.42. The van der Waals surface area contributed by atoms with Gasteiger partial charge in [0.2, 0.25) is 5.91 Å². The van der Waals surface area contributed by atoms with E-state index in [-0.39, 0.29) is 25.9 Å². The number of halogens is 1. The largest absolute Gasteiger partial charge is 0.480 e. The maximum atomic E-state index is 12.9. The van der Waals surface area contributed by atoms with E-state index in [2.05, 4.69) is 11.4 Å². The van der Waals surface area contributed by atoms with Crippen LogP contribution in [-0.2, 0) is 19.2 Å². The van der Waals surface area contributed by atoms with Gasteiger partial charge < -0.3 is 14.7 Å². The maximum absolute atomic E-state index is 12.9. The molecular weight excluding hydrogens is 400 g/mol. The van der Waals surface area contributed by atoms with Crippen LogP contribution in [0.1, 0.15) is 17.5 Å². The number of methoxy groups -OCH3 is 1. The van der Waals surface area contributed by atoms with Gasteiger partial charge in [0, 0.05) is 31.7 Å². The van der Waals surface area contributed by atoms with Crippen molar-refractivity contribution in [1.82, 2.24) is 15.3 Å². The lowest BCUT2D eigenvalue weighted by atomic mass is 9.92. The van der Waals surface area contributed by atoms with Crippen molar-refractivity contribution >= 4 is 29.1 Å². The van der Waals surface area contributed by atoms with E-state index in [0.717, 1.165) is 0 Å². The standard InChI is InChI=1S/C19H21ClN4O5/c1-23-17(22-10-29-23)7-15(19(26)27)24-9-16(28-2)14(6-18(24)25)13-5-12(20)4-3-11(13)8-21/h3-6,15-17,22H,7,9-10H2,1-2H3,(H,26,27). The monoisotopic (exact) mass is 420 g/mol. The first kappa shape index (κ1) is 21.2. The Hall–Kier alpha value is -2.48. The third-order valence-corrected chi connectivity index (χ3v) is 5.34. The molecule has 10 heteroatoms. The van der Waals surface area contributed by atoms with Crippen LogP contribution in [0.25, 0.3) is 5.57 Å². The van der Waals surface area contributed by atoms with Gasteiger partial charge in [-0.15, -0.1) is 0 Å². The summed E-state index contributed by atoms with van der Waals surface area (Å²) >= 11 is 6.08. The topological polar surface area (TPSA) is 115 Å². The Bertz CT molecular complexity index is 884. The van der Waals surface area contributed by atoms with Gasteiger partial charge in [0.25, 0.3) is 0 Å². The Kier molecular flexibility index (Phi) is 6.52. The molecule has 154 valence electrons. The number of hydroxylamine groups is 2. The van der Waals surface area contributed by atoms with E-state index in [9.17, 15) is 20.0 Å². The van der Waals surface area contributed by atoms with Crippen molar-refractivity contribution in [2.75, 3.05) is 27.4 Å². The summed E-state index contributed by atoms with van der Waals surface area (Å²) in [5, 5.41) is 24.1. The Morgan fingerprint density at radius 2 is 2.31 bits per heavy atom. The number of amides is 1. The molecule has 2 heterocycles. The average Bonchev–Trinajstić information content (AvgIpc) is 3.10. The van der Waals surface area contributed by atoms with Crippen LogP contribution in [0.4, 0.5) is 0 Å². The molecule has 3 unspecified atom stereocenters. The van der Waals surface area contributed by atoms with E-state index >= 15 is 0 Å². The van der Waals surface area contributed by atoms with Gasteiger partial charge in [-0.3, -0.25) is 14.9 Å². The highest BCUT2D eigenvalue weighted by molar-refractivity contribution is 6.30. The van der Waals surface area contributed by atoms with Crippen LogP contribution in [0.5, 0.6) is 0 Å². The highest BCUT2D eigenvalue weighted by Crippen LogP contribution is 2.31. The summed E-state index contributed by atoms with van der Waals surface area (Å²) in [6, 6.07) is 5.78. The first-order valence-corrected chi connectivity index (χ1v) is 9.30. The SMILES string of the molecule is COC1CN(C(CC2NCON2C)C(=O)O)C(=O)C=C1c1cc(Cl)ccc1C#N. The number of carbonyl (C=O) groups is 2. The van der Waals surface area contributed by atoms with E-state index in [4.69, 9.17) is 21.2 Å². The van der Waals surface area contributed by atoms with Gasteiger partial charge in [-0.2, -0.15) is 10.3 Å². The van der Waals surface area contributed by atoms with Crippen LogP contribution in [0.3, 0.4) is 0 Å². The van der Waals surface area contributed by atoms with Gasteiger partial charge in [0.05, 0.1) is 24.3 Å². The van der Waals surface area contributed by atoms with Crippen molar-refractivity contribution < 1.29 is 24.3 Å². The lowest BCUT2D eigenvalue weighted by molar-refractivity contribution is -0.153. The zero-order valence-electron chi connectivity index (χ0n) is 16.0. The molecule has 3 atom stereocenters. The number of benzene rings is 1. The van der Waals surface area contributed by atoms with Gasteiger partial charge in [-0.25, -0.2) is 4.79 Å². The van der Waals surface area contributed by atoms with Crippen molar-refractivity contribution in [2.24, 2.45) is 0 Å². The summed E-state index contributed by atoms with van der Waals surface area (Å²) in [4.78, 5) is 31.3. The molecule has 3 rings (SSSR count). The number of ether oxygens (including phenoxy) is 1. The summed E-state index contributed by atoms with van der Waals surface area (Å²) in [5.41, 5.74) is 1.35. The van der Waals surface area contributed by atoms with Crippen LogP contribution < -0.4 is 5.32 Å².